The van der Waals surface area contributed by atoms with Crippen LogP contribution in [0.25, 0.3) is 0 Å². The van der Waals surface area contributed by atoms with Crippen LogP contribution in [0.2, 0.25) is 0 Å². The quantitative estimate of drug-likeness (QED) is 0.591. The Morgan fingerprint density at radius 3 is 2.92 bits per heavy atom. The van der Waals surface area contributed by atoms with Crippen LogP contribution in [0.3, 0.4) is 0 Å². The number of nitrogens with zero attached hydrogens (tertiary/aromatic N) is 2. The largest absolute Gasteiger partial charge is 0.360 e. The van der Waals surface area contributed by atoms with Crippen LogP contribution in [-0.2, 0) is 0 Å². The fourth-order valence-corrected chi connectivity index (χ4v) is 2.20. The number of nitrogens with two attached hydrogens (primary N) is 1. The number of carbonyl (C=O) groups is 1. The van der Waals surface area contributed by atoms with Crippen LogP contribution < -0.4 is 5.73 Å². The van der Waals surface area contributed by atoms with Gasteiger partial charge in [-0.2, -0.15) is 0 Å². The van der Waals surface area contributed by atoms with Crippen molar-refractivity contribution >= 4 is 22.0 Å². The number of amides is 1. The van der Waals surface area contributed by atoms with Gasteiger partial charge in [0.1, 0.15) is 5.69 Å². The fourth-order valence-electron chi connectivity index (χ4n) is 1.03. The minimum atomic E-state index is -1.22. The van der Waals surface area contributed by atoms with Crippen molar-refractivity contribution in [1.82, 2.24) is 0 Å². The maximum absolute atomic E-state index is 10.9. The van der Waals surface area contributed by atoms with Gasteiger partial charge in [0.25, 0.3) is 5.24 Å². The van der Waals surface area contributed by atoms with Gasteiger partial charge in [0.05, 0.1) is 0 Å². The molecule has 1 atom stereocenters. The van der Waals surface area contributed by atoms with Gasteiger partial charge in [-0.15, -0.1) is 9.63 Å². The summed E-state index contributed by atoms with van der Waals surface area (Å²) in [6.45, 7) is 0. The Morgan fingerprint density at radius 1 is 1.42 bits per heavy atom. The molecule has 0 fully saturated rings. The molecule has 1 aromatic carbocycles. The molecular weight excluding hydrogens is 174 g/mol. The van der Waals surface area contributed by atoms with E-state index in [-0.39, 0.29) is 0 Å². The zero-order chi connectivity index (χ0) is 8.55. The maximum Gasteiger partial charge on any atom is 0.280 e. The van der Waals surface area contributed by atoms with Crippen molar-refractivity contribution in [2.75, 3.05) is 0 Å². The van der Waals surface area contributed by atoms with E-state index in [9.17, 15) is 4.79 Å². The third-order valence-electron chi connectivity index (χ3n) is 1.56. The lowest BCUT2D eigenvalue weighted by molar-refractivity contribution is 0.267. The molecule has 12 heavy (non-hydrogen) atoms. The second kappa shape index (κ2) is 2.60. The molecule has 0 saturated heterocycles. The van der Waals surface area contributed by atoms with Crippen molar-refractivity contribution in [3.8, 4) is 0 Å². The van der Waals surface area contributed by atoms with E-state index in [2.05, 4.69) is 9.63 Å². The molecule has 0 radical (unpaired) electrons. The summed E-state index contributed by atoms with van der Waals surface area (Å²) in [5.74, 6) is 0. The van der Waals surface area contributed by atoms with Crippen LogP contribution in [0.15, 0.2) is 38.8 Å². The van der Waals surface area contributed by atoms with E-state index in [1.165, 1.54) is 0 Å². The first-order valence-electron chi connectivity index (χ1n) is 3.39. The number of thiol groups is 1. The van der Waals surface area contributed by atoms with E-state index in [1.54, 1.807) is 0 Å². The first-order valence-corrected chi connectivity index (χ1v) is 4.69. The zero-order valence-corrected chi connectivity index (χ0v) is 7.03. The van der Waals surface area contributed by atoms with Crippen molar-refractivity contribution in [2.45, 2.75) is 4.90 Å². The second-order valence-electron chi connectivity index (χ2n) is 2.33. The molecule has 5 heteroatoms. The molecule has 1 aliphatic heterocycles. The Bertz CT molecular complexity index is 363. The number of rotatable bonds is 0. The van der Waals surface area contributed by atoms with E-state index >= 15 is 0 Å². The monoisotopic (exact) mass is 181 g/mol. The number of primary amides is 1. The second-order valence-corrected chi connectivity index (χ2v) is 4.05. The summed E-state index contributed by atoms with van der Waals surface area (Å²) >= 11 is -1.22. The summed E-state index contributed by atoms with van der Waals surface area (Å²) in [6, 6.07) is 7.38. The van der Waals surface area contributed by atoms with Gasteiger partial charge >= 0.3 is 0 Å². The molecular formula is C7H7N3OS. The molecule has 62 valence electrons. The lowest BCUT2D eigenvalue weighted by Crippen LogP contribution is -2.06. The van der Waals surface area contributed by atoms with Crippen LogP contribution in [0, 0.1) is 0 Å². The predicted octanol–water partition coefficient (Wildman–Crippen LogP) is 2.14. The molecule has 2 rings (SSSR count). The molecule has 0 saturated carbocycles. The number of hydrogen-bond acceptors (Lipinski definition) is 3. The fraction of sp³-hybridized carbons (Fsp3) is 0. The van der Waals surface area contributed by atoms with Gasteiger partial charge in [0.15, 0.2) is 0 Å². The van der Waals surface area contributed by atoms with Crippen molar-refractivity contribution < 1.29 is 4.79 Å². The Balaban J connectivity index is 2.49. The Hall–Kier alpha value is -1.36. The van der Waals surface area contributed by atoms with E-state index in [0.717, 1.165) is 10.6 Å². The lowest BCUT2D eigenvalue weighted by Gasteiger charge is -2.04. The van der Waals surface area contributed by atoms with Crippen molar-refractivity contribution in [3.05, 3.63) is 24.3 Å². The normalized spacial score (nSPS) is 22.2. The molecule has 1 unspecified atom stereocenters. The molecule has 2 N–H and O–H groups in total. The van der Waals surface area contributed by atoms with Crippen molar-refractivity contribution in [3.63, 3.8) is 0 Å². The number of benzene rings is 1. The van der Waals surface area contributed by atoms with Crippen molar-refractivity contribution in [2.24, 2.45) is 15.4 Å². The molecule has 0 aliphatic carbocycles. The highest BCUT2D eigenvalue weighted by Crippen LogP contribution is 2.49. The van der Waals surface area contributed by atoms with Crippen LogP contribution in [0.5, 0.6) is 0 Å². The summed E-state index contributed by atoms with van der Waals surface area (Å²) in [5, 5.41) is 3.46. The highest BCUT2D eigenvalue weighted by Gasteiger charge is 2.20. The topological polar surface area (TPSA) is 67.8 Å². The molecule has 1 aromatic rings. The standard InChI is InChI=1S/C7H7N3OS/c8-7(11)12-6-4-2-1-3-5(6)9-10-12/h1-4,12H,(H2,8,11). The smallest absolute Gasteiger partial charge is 0.280 e. The van der Waals surface area contributed by atoms with Gasteiger partial charge in [-0.1, -0.05) is 12.1 Å². The number of hydrogen-bond donors (Lipinski definition) is 2. The third kappa shape index (κ3) is 0.984. The first kappa shape index (κ1) is 7.30. The van der Waals surface area contributed by atoms with Gasteiger partial charge in [0, 0.05) is 4.90 Å². The Kier molecular flexibility index (Phi) is 1.58. The van der Waals surface area contributed by atoms with Gasteiger partial charge in [-0.3, -0.25) is 4.79 Å². The molecule has 0 spiro atoms. The molecule has 1 amide bonds. The van der Waals surface area contributed by atoms with Crippen molar-refractivity contribution in [1.29, 1.82) is 0 Å². The third-order valence-corrected chi connectivity index (χ3v) is 3.08. The van der Waals surface area contributed by atoms with Gasteiger partial charge in [-0.25, -0.2) is 0 Å². The van der Waals surface area contributed by atoms with Gasteiger partial charge in [0.2, 0.25) is 0 Å². The average Bonchev–Trinajstić information content (AvgIpc) is 2.47. The van der Waals surface area contributed by atoms with Crippen LogP contribution in [0.1, 0.15) is 0 Å². The van der Waals surface area contributed by atoms with E-state index < -0.39 is 16.3 Å². The molecule has 4 nitrogen and oxygen atoms in total. The summed E-state index contributed by atoms with van der Waals surface area (Å²) < 4.78 is 3.82. The molecule has 0 bridgehead atoms. The summed E-state index contributed by atoms with van der Waals surface area (Å²) in [4.78, 5) is 11.7. The summed E-state index contributed by atoms with van der Waals surface area (Å²) in [6.07, 6.45) is 0. The van der Waals surface area contributed by atoms with E-state index in [1.807, 2.05) is 24.3 Å². The maximum atomic E-state index is 10.9. The van der Waals surface area contributed by atoms with Crippen LogP contribution in [0.4, 0.5) is 10.5 Å². The minimum absolute atomic E-state index is 0.390. The number of fused-ring (bicyclic) bond motifs is 1. The average molecular weight is 181 g/mol. The lowest BCUT2D eigenvalue weighted by atomic mass is 10.3. The SMILES string of the molecule is NC(=O)[SH]1N=Nc2ccccc21. The predicted molar refractivity (Wildman–Crippen MR) is 47.8 cm³/mol. The molecule has 1 heterocycles. The Morgan fingerprint density at radius 2 is 2.17 bits per heavy atom. The van der Waals surface area contributed by atoms with Crippen LogP contribution in [-0.4, -0.2) is 5.24 Å². The highest BCUT2D eigenvalue weighted by atomic mass is 32.2. The molecule has 1 aliphatic rings. The summed E-state index contributed by atoms with van der Waals surface area (Å²) in [5.41, 5.74) is 5.91. The van der Waals surface area contributed by atoms with Crippen LogP contribution >= 0.6 is 11.1 Å². The van der Waals surface area contributed by atoms with E-state index in [0.29, 0.717) is 0 Å². The highest BCUT2D eigenvalue weighted by molar-refractivity contribution is 8.28. The minimum Gasteiger partial charge on any atom is -0.360 e. The zero-order valence-electron chi connectivity index (χ0n) is 6.14. The first-order chi connectivity index (χ1) is 5.79. The number of carbonyl (C=O) groups excluding carboxylic acids is 1. The summed E-state index contributed by atoms with van der Waals surface area (Å²) in [7, 11) is 0. The molecule has 0 aromatic heterocycles. The van der Waals surface area contributed by atoms with E-state index in [4.69, 9.17) is 5.73 Å². The Labute approximate surface area is 72.0 Å². The van der Waals surface area contributed by atoms with Gasteiger partial charge < -0.3 is 5.73 Å². The van der Waals surface area contributed by atoms with Gasteiger partial charge in [-0.05, 0) is 23.2 Å².